The zero-order chi connectivity index (χ0) is 17.3. The van der Waals surface area contributed by atoms with Crippen LogP contribution in [0.5, 0.6) is 5.88 Å². The molecule has 6 nitrogen and oxygen atoms in total. The largest absolute Gasteiger partial charge is 0.477 e. The minimum absolute atomic E-state index is 0.239. The number of aryl methyl sites for hydroxylation is 1. The molecule has 0 bridgehead atoms. The molecular formula is C19H25N5O. The van der Waals surface area contributed by atoms with Crippen LogP contribution in [-0.4, -0.2) is 58.9 Å². The second kappa shape index (κ2) is 6.59. The van der Waals surface area contributed by atoms with Crippen LogP contribution >= 0.6 is 0 Å². The molecule has 2 aliphatic heterocycles. The molecule has 1 spiro atoms. The number of ether oxygens (including phenoxy) is 1. The number of nitrogens with zero attached hydrogens (tertiary/aromatic N) is 5. The summed E-state index contributed by atoms with van der Waals surface area (Å²) >= 11 is 0. The average Bonchev–Trinajstić information content (AvgIpc) is 2.61. The lowest BCUT2D eigenvalue weighted by Crippen LogP contribution is -2.72. The minimum atomic E-state index is 0.239. The van der Waals surface area contributed by atoms with Gasteiger partial charge in [-0.05, 0) is 57.5 Å². The molecule has 4 heterocycles. The fourth-order valence-electron chi connectivity index (χ4n) is 3.94. The summed E-state index contributed by atoms with van der Waals surface area (Å²) < 4.78 is 5.90. The van der Waals surface area contributed by atoms with Gasteiger partial charge in [0.1, 0.15) is 0 Å². The number of likely N-dealkylation sites (N-methyl/N-ethyl adjacent to an activating group) is 1. The first-order chi connectivity index (χ1) is 12.1. The van der Waals surface area contributed by atoms with E-state index in [9.17, 15) is 0 Å². The summed E-state index contributed by atoms with van der Waals surface area (Å²) in [6.07, 6.45) is 4.11. The van der Waals surface area contributed by atoms with Crippen LogP contribution in [0.1, 0.15) is 18.5 Å². The zero-order valence-electron chi connectivity index (χ0n) is 14.9. The molecule has 0 unspecified atom stereocenters. The summed E-state index contributed by atoms with van der Waals surface area (Å²) in [5, 5.41) is 8.50. The van der Waals surface area contributed by atoms with Crippen molar-refractivity contribution in [1.82, 2.24) is 20.1 Å². The summed E-state index contributed by atoms with van der Waals surface area (Å²) in [6.45, 7) is 5.86. The van der Waals surface area contributed by atoms with Gasteiger partial charge < -0.3 is 9.64 Å². The Bertz CT molecular complexity index is 700. The number of likely N-dealkylation sites (tertiary alicyclic amines) is 1. The third kappa shape index (κ3) is 3.31. The van der Waals surface area contributed by atoms with E-state index < -0.39 is 0 Å². The Labute approximate surface area is 148 Å². The van der Waals surface area contributed by atoms with E-state index in [1.165, 1.54) is 6.42 Å². The predicted molar refractivity (Wildman–Crippen MR) is 96.8 cm³/mol. The fourth-order valence-corrected chi connectivity index (χ4v) is 3.94. The Hall–Kier alpha value is -2.21. The van der Waals surface area contributed by atoms with Crippen molar-refractivity contribution in [2.45, 2.75) is 25.3 Å². The third-order valence-corrected chi connectivity index (χ3v) is 5.53. The molecule has 4 rings (SSSR count). The van der Waals surface area contributed by atoms with Gasteiger partial charge >= 0.3 is 0 Å². The van der Waals surface area contributed by atoms with Crippen molar-refractivity contribution in [2.24, 2.45) is 5.92 Å². The fraction of sp³-hybridized carbons (Fsp3) is 0.526. The molecule has 2 aromatic heterocycles. The van der Waals surface area contributed by atoms with Crippen LogP contribution in [-0.2, 0) is 0 Å². The maximum absolute atomic E-state index is 5.90. The number of hydrogen-bond donors (Lipinski definition) is 0. The van der Waals surface area contributed by atoms with E-state index >= 15 is 0 Å². The summed E-state index contributed by atoms with van der Waals surface area (Å²) in [7, 11) is 2.24. The lowest BCUT2D eigenvalue weighted by Gasteiger charge is -2.58. The lowest BCUT2D eigenvalue weighted by atomic mass is 9.75. The topological polar surface area (TPSA) is 54.4 Å². The van der Waals surface area contributed by atoms with Crippen molar-refractivity contribution in [3.05, 3.63) is 42.2 Å². The number of anilines is 1. The Morgan fingerprint density at radius 3 is 2.80 bits per heavy atom. The van der Waals surface area contributed by atoms with E-state index in [1.54, 1.807) is 6.20 Å². The van der Waals surface area contributed by atoms with E-state index in [0.29, 0.717) is 5.92 Å². The van der Waals surface area contributed by atoms with Crippen molar-refractivity contribution >= 4 is 5.82 Å². The summed E-state index contributed by atoms with van der Waals surface area (Å²) in [4.78, 5) is 9.09. The normalized spacial score (nSPS) is 22.6. The third-order valence-electron chi connectivity index (χ3n) is 5.53. The van der Waals surface area contributed by atoms with Crippen LogP contribution in [0.3, 0.4) is 0 Å². The van der Waals surface area contributed by atoms with Crippen molar-refractivity contribution in [3.63, 3.8) is 0 Å². The Morgan fingerprint density at radius 1 is 1.20 bits per heavy atom. The Balaban J connectivity index is 1.36. The van der Waals surface area contributed by atoms with Crippen LogP contribution in [0, 0.1) is 12.8 Å². The molecule has 0 aromatic carbocycles. The molecule has 0 radical (unpaired) electrons. The maximum atomic E-state index is 5.90. The molecule has 0 amide bonds. The standard InChI is InChI=1S/C19H25N5O/c1-15-6-7-17(22-21-15)24-13-19(14-24)11-16(8-10-23(19)2)12-25-18-5-3-4-9-20-18/h3-7,9,16H,8,10-14H2,1-2H3/t16-/m1/s1. The van der Waals surface area contributed by atoms with Crippen molar-refractivity contribution in [3.8, 4) is 5.88 Å². The number of rotatable bonds is 4. The first kappa shape index (κ1) is 16.3. The monoisotopic (exact) mass is 339 g/mol. The van der Waals surface area contributed by atoms with Gasteiger partial charge in [0.15, 0.2) is 5.82 Å². The Morgan fingerprint density at radius 2 is 2.08 bits per heavy atom. The van der Waals surface area contributed by atoms with E-state index in [-0.39, 0.29) is 5.54 Å². The van der Waals surface area contributed by atoms with Gasteiger partial charge in [-0.1, -0.05) is 6.07 Å². The molecule has 6 heteroatoms. The van der Waals surface area contributed by atoms with Crippen molar-refractivity contribution in [2.75, 3.05) is 38.2 Å². The average molecular weight is 339 g/mol. The molecule has 2 saturated heterocycles. The quantitative estimate of drug-likeness (QED) is 0.851. The summed E-state index contributed by atoms with van der Waals surface area (Å²) in [5.41, 5.74) is 1.20. The first-order valence-electron chi connectivity index (χ1n) is 8.95. The summed E-state index contributed by atoms with van der Waals surface area (Å²) in [5.74, 6) is 2.28. The molecule has 2 aliphatic rings. The second-order valence-electron chi connectivity index (χ2n) is 7.37. The maximum Gasteiger partial charge on any atom is 0.213 e. The molecule has 25 heavy (non-hydrogen) atoms. The molecule has 2 fully saturated rings. The van der Waals surface area contributed by atoms with Crippen LogP contribution in [0.15, 0.2) is 36.5 Å². The van der Waals surface area contributed by atoms with Crippen molar-refractivity contribution in [1.29, 1.82) is 0 Å². The number of aromatic nitrogens is 3. The second-order valence-corrected chi connectivity index (χ2v) is 7.37. The number of pyridine rings is 1. The minimum Gasteiger partial charge on any atom is -0.477 e. The van der Waals surface area contributed by atoms with Crippen LogP contribution < -0.4 is 9.64 Å². The molecule has 132 valence electrons. The predicted octanol–water partition coefficient (Wildman–Crippen LogP) is 2.16. The van der Waals surface area contributed by atoms with Crippen LogP contribution in [0.2, 0.25) is 0 Å². The van der Waals surface area contributed by atoms with E-state index in [2.05, 4.69) is 38.1 Å². The van der Waals surface area contributed by atoms with Gasteiger partial charge in [-0.2, -0.15) is 5.10 Å². The van der Waals surface area contributed by atoms with Gasteiger partial charge in [0.05, 0.1) is 17.8 Å². The first-order valence-corrected chi connectivity index (χ1v) is 8.95. The van der Waals surface area contributed by atoms with Crippen LogP contribution in [0.25, 0.3) is 0 Å². The zero-order valence-corrected chi connectivity index (χ0v) is 14.9. The van der Waals surface area contributed by atoms with E-state index in [0.717, 1.165) is 50.1 Å². The molecule has 0 N–H and O–H groups in total. The van der Waals surface area contributed by atoms with Crippen LogP contribution in [0.4, 0.5) is 5.82 Å². The smallest absolute Gasteiger partial charge is 0.213 e. The highest BCUT2D eigenvalue weighted by molar-refractivity contribution is 5.44. The number of piperidine rings is 1. The van der Waals surface area contributed by atoms with Gasteiger partial charge in [0, 0.05) is 25.4 Å². The van der Waals surface area contributed by atoms with Crippen molar-refractivity contribution < 1.29 is 4.74 Å². The molecular weight excluding hydrogens is 314 g/mol. The van der Waals surface area contributed by atoms with Gasteiger partial charge in [-0.3, -0.25) is 4.90 Å². The van der Waals surface area contributed by atoms with Gasteiger partial charge in [0.25, 0.3) is 0 Å². The highest BCUT2D eigenvalue weighted by Gasteiger charge is 2.50. The van der Waals surface area contributed by atoms with E-state index in [1.807, 2.05) is 31.2 Å². The highest BCUT2D eigenvalue weighted by atomic mass is 16.5. The van der Waals surface area contributed by atoms with E-state index in [4.69, 9.17) is 4.74 Å². The number of hydrogen-bond acceptors (Lipinski definition) is 6. The Kier molecular flexibility index (Phi) is 4.29. The molecule has 2 aromatic rings. The molecule has 0 aliphatic carbocycles. The molecule has 0 saturated carbocycles. The highest BCUT2D eigenvalue weighted by Crippen LogP contribution is 2.39. The summed E-state index contributed by atoms with van der Waals surface area (Å²) in [6, 6.07) is 9.90. The SMILES string of the molecule is Cc1ccc(N2CC3(C[C@H](COc4ccccn4)CCN3C)C2)nn1. The van der Waals surface area contributed by atoms with Gasteiger partial charge in [-0.15, -0.1) is 5.10 Å². The van der Waals surface area contributed by atoms with Gasteiger partial charge in [-0.25, -0.2) is 4.98 Å². The molecule has 1 atom stereocenters. The van der Waals surface area contributed by atoms with Gasteiger partial charge in [0.2, 0.25) is 5.88 Å². The lowest BCUT2D eigenvalue weighted by molar-refractivity contribution is 0.00552.